The molecule has 16 heavy (non-hydrogen) atoms. The Kier molecular flexibility index (Phi) is 2.04. The van der Waals surface area contributed by atoms with Crippen molar-refractivity contribution in [3.05, 3.63) is 34.9 Å². The fourth-order valence-electron chi connectivity index (χ4n) is 3.07. The first-order chi connectivity index (χ1) is 7.64. The van der Waals surface area contributed by atoms with E-state index in [1.165, 1.54) is 0 Å². The molecular weight excluding hydrogens is 222 g/mol. The Morgan fingerprint density at radius 1 is 1.38 bits per heavy atom. The van der Waals surface area contributed by atoms with Crippen molar-refractivity contribution in [1.29, 1.82) is 5.26 Å². The Morgan fingerprint density at radius 3 is 2.62 bits per heavy atom. The first-order valence-electron chi connectivity index (χ1n) is 5.52. The van der Waals surface area contributed by atoms with E-state index < -0.39 is 5.60 Å². The van der Waals surface area contributed by atoms with Gasteiger partial charge in [0.05, 0.1) is 17.6 Å². The third-order valence-electron chi connectivity index (χ3n) is 3.99. The second-order valence-corrected chi connectivity index (χ2v) is 5.37. The smallest absolute Gasteiger partial charge is 0.0903 e. The lowest BCUT2D eigenvalue weighted by atomic mass is 9.87. The first-order valence-corrected chi connectivity index (χ1v) is 5.90. The van der Waals surface area contributed by atoms with E-state index in [0.717, 1.165) is 5.56 Å². The normalized spacial score (nSPS) is 40.2. The van der Waals surface area contributed by atoms with Crippen molar-refractivity contribution in [3.63, 3.8) is 0 Å². The third kappa shape index (κ3) is 1.36. The van der Waals surface area contributed by atoms with Crippen LogP contribution in [0.25, 0.3) is 0 Å². The molecule has 0 amide bonds. The molecule has 2 aliphatic carbocycles. The van der Waals surface area contributed by atoms with Gasteiger partial charge in [-0.05, 0) is 42.4 Å². The van der Waals surface area contributed by atoms with Gasteiger partial charge in [-0.3, -0.25) is 0 Å². The van der Waals surface area contributed by atoms with E-state index in [-0.39, 0.29) is 5.92 Å². The van der Waals surface area contributed by atoms with Crippen molar-refractivity contribution in [2.45, 2.75) is 18.4 Å². The van der Waals surface area contributed by atoms with Gasteiger partial charge in [0.25, 0.3) is 0 Å². The van der Waals surface area contributed by atoms with Crippen LogP contribution < -0.4 is 0 Å². The van der Waals surface area contributed by atoms with E-state index in [4.69, 9.17) is 16.9 Å². The maximum atomic E-state index is 10.5. The highest BCUT2D eigenvalue weighted by Gasteiger charge is 2.61. The zero-order valence-corrected chi connectivity index (χ0v) is 9.48. The molecule has 1 unspecified atom stereocenters. The summed E-state index contributed by atoms with van der Waals surface area (Å²) in [6.07, 6.45) is 1.41. The van der Waals surface area contributed by atoms with Gasteiger partial charge < -0.3 is 5.11 Å². The molecular formula is C13H12ClNO. The number of hydrogen-bond donors (Lipinski definition) is 1. The summed E-state index contributed by atoms with van der Waals surface area (Å²) in [5, 5.41) is 20.0. The summed E-state index contributed by atoms with van der Waals surface area (Å²) in [7, 11) is 0. The molecule has 0 aliphatic heterocycles. The van der Waals surface area contributed by atoms with Crippen LogP contribution in [0.2, 0.25) is 5.02 Å². The molecule has 4 atom stereocenters. The predicted octanol–water partition coefficient (Wildman–Crippen LogP) is 2.71. The van der Waals surface area contributed by atoms with E-state index in [0.29, 0.717) is 29.7 Å². The topological polar surface area (TPSA) is 44.0 Å². The summed E-state index contributed by atoms with van der Waals surface area (Å²) >= 11 is 5.93. The number of halogens is 1. The molecule has 3 rings (SSSR count). The van der Waals surface area contributed by atoms with Gasteiger partial charge in [0.1, 0.15) is 0 Å². The number of hydrogen-bond acceptors (Lipinski definition) is 2. The Morgan fingerprint density at radius 2 is 2.06 bits per heavy atom. The monoisotopic (exact) mass is 233 g/mol. The lowest BCUT2D eigenvalue weighted by Gasteiger charge is -2.25. The van der Waals surface area contributed by atoms with E-state index in [2.05, 4.69) is 6.07 Å². The van der Waals surface area contributed by atoms with Crippen LogP contribution in [0.1, 0.15) is 18.4 Å². The van der Waals surface area contributed by atoms with Crippen LogP contribution >= 0.6 is 11.6 Å². The molecule has 0 spiro atoms. The zero-order chi connectivity index (χ0) is 11.3. The van der Waals surface area contributed by atoms with Gasteiger partial charge in [-0.2, -0.15) is 5.26 Å². The molecule has 0 heterocycles. The van der Waals surface area contributed by atoms with Gasteiger partial charge >= 0.3 is 0 Å². The van der Waals surface area contributed by atoms with Crippen LogP contribution in [0.4, 0.5) is 0 Å². The minimum Gasteiger partial charge on any atom is -0.385 e. The summed E-state index contributed by atoms with van der Waals surface area (Å²) < 4.78 is 0. The minimum absolute atomic E-state index is 0.180. The second-order valence-electron chi connectivity index (χ2n) is 4.93. The Balaban J connectivity index is 1.85. The van der Waals surface area contributed by atoms with Gasteiger partial charge in [0, 0.05) is 5.02 Å². The maximum Gasteiger partial charge on any atom is 0.0903 e. The van der Waals surface area contributed by atoms with Gasteiger partial charge in [-0.1, -0.05) is 23.7 Å². The van der Waals surface area contributed by atoms with Gasteiger partial charge in [-0.25, -0.2) is 0 Å². The van der Waals surface area contributed by atoms with E-state index in [1.54, 1.807) is 0 Å². The highest BCUT2D eigenvalue weighted by atomic mass is 35.5. The molecule has 1 aromatic carbocycles. The summed E-state index contributed by atoms with van der Waals surface area (Å²) in [6, 6.07) is 9.72. The Bertz CT molecular complexity index is 467. The molecule has 2 aliphatic rings. The average molecular weight is 234 g/mol. The van der Waals surface area contributed by atoms with E-state index >= 15 is 0 Å². The SMILES string of the molecule is N#C[C@@H]1[C@H]2CC(O)(c3cccc(Cl)c3)C[C@@H]12. The molecule has 1 N–H and O–H groups in total. The summed E-state index contributed by atoms with van der Waals surface area (Å²) in [6.45, 7) is 0. The minimum atomic E-state index is -0.756. The van der Waals surface area contributed by atoms with E-state index in [1.807, 2.05) is 24.3 Å². The number of aliphatic hydroxyl groups is 1. The van der Waals surface area contributed by atoms with Crippen LogP contribution in [0.3, 0.4) is 0 Å². The Hall–Kier alpha value is -1.04. The van der Waals surface area contributed by atoms with Crippen molar-refractivity contribution in [2.24, 2.45) is 17.8 Å². The number of rotatable bonds is 1. The first kappa shape index (κ1) is 10.1. The molecule has 1 aromatic rings. The van der Waals surface area contributed by atoms with Crippen LogP contribution in [0, 0.1) is 29.1 Å². The van der Waals surface area contributed by atoms with Crippen LogP contribution in [-0.2, 0) is 5.60 Å². The molecule has 2 saturated carbocycles. The summed E-state index contributed by atoms with van der Waals surface area (Å²) in [4.78, 5) is 0. The molecule has 0 radical (unpaired) electrons. The van der Waals surface area contributed by atoms with E-state index in [9.17, 15) is 5.11 Å². The van der Waals surface area contributed by atoms with Gasteiger partial charge in [0.15, 0.2) is 0 Å². The second kappa shape index (κ2) is 3.23. The fraction of sp³-hybridized carbons (Fsp3) is 0.462. The van der Waals surface area contributed by atoms with Gasteiger partial charge in [-0.15, -0.1) is 0 Å². The van der Waals surface area contributed by atoms with Crippen LogP contribution in [0.5, 0.6) is 0 Å². The summed E-state index contributed by atoms with van der Waals surface area (Å²) in [5.41, 5.74) is 0.136. The number of fused-ring (bicyclic) bond motifs is 1. The fourth-order valence-corrected chi connectivity index (χ4v) is 3.26. The predicted molar refractivity (Wildman–Crippen MR) is 60.7 cm³/mol. The highest BCUT2D eigenvalue weighted by Crippen LogP contribution is 2.63. The molecule has 82 valence electrons. The lowest BCUT2D eigenvalue weighted by molar-refractivity contribution is 0.0283. The van der Waals surface area contributed by atoms with Crippen molar-refractivity contribution in [3.8, 4) is 6.07 Å². The number of benzene rings is 1. The zero-order valence-electron chi connectivity index (χ0n) is 8.73. The maximum absolute atomic E-state index is 10.5. The highest BCUT2D eigenvalue weighted by molar-refractivity contribution is 6.30. The average Bonchev–Trinajstić information content (AvgIpc) is 2.76. The number of nitrogens with zero attached hydrogens (tertiary/aromatic N) is 1. The molecule has 0 aromatic heterocycles. The van der Waals surface area contributed by atoms with Gasteiger partial charge in [0.2, 0.25) is 0 Å². The number of nitriles is 1. The quantitative estimate of drug-likeness (QED) is 0.811. The van der Waals surface area contributed by atoms with Crippen LogP contribution in [0.15, 0.2) is 24.3 Å². The van der Waals surface area contributed by atoms with Crippen LogP contribution in [-0.4, -0.2) is 5.11 Å². The largest absolute Gasteiger partial charge is 0.385 e. The molecule has 3 heteroatoms. The van der Waals surface area contributed by atoms with Crippen molar-refractivity contribution in [1.82, 2.24) is 0 Å². The molecule has 0 bridgehead atoms. The van der Waals surface area contributed by atoms with Crippen molar-refractivity contribution in [2.75, 3.05) is 0 Å². The Labute approximate surface area is 99.5 Å². The lowest BCUT2D eigenvalue weighted by Crippen LogP contribution is -2.24. The van der Waals surface area contributed by atoms with Crippen molar-refractivity contribution < 1.29 is 5.11 Å². The molecule has 0 saturated heterocycles. The molecule has 2 fully saturated rings. The standard InChI is InChI=1S/C13H12ClNO/c14-9-3-1-2-8(4-9)13(16)5-10-11(6-13)12(10)7-15/h1-4,10-12,16H,5-6H2/t10-,11+,12+,13?. The molecule has 2 nitrogen and oxygen atoms in total. The third-order valence-corrected chi connectivity index (χ3v) is 4.22. The van der Waals surface area contributed by atoms with Crippen molar-refractivity contribution >= 4 is 11.6 Å². The summed E-state index contributed by atoms with van der Waals surface area (Å²) in [5.74, 6) is 0.974.